The van der Waals surface area contributed by atoms with Gasteiger partial charge in [-0.15, -0.1) is 11.3 Å². The number of methoxy groups -OCH3 is 1. The van der Waals surface area contributed by atoms with Gasteiger partial charge in [-0.05, 0) is 24.5 Å². The number of nitrogens with zero attached hydrogens (tertiary/aromatic N) is 4. The van der Waals surface area contributed by atoms with Crippen LogP contribution in [-0.2, 0) is 17.6 Å². The van der Waals surface area contributed by atoms with E-state index < -0.39 is 6.09 Å². The molecule has 1 unspecified atom stereocenters. The highest BCUT2D eigenvalue weighted by Gasteiger charge is 2.28. The number of hydrogen-bond donors (Lipinski definition) is 3. The Kier molecular flexibility index (Phi) is 5.73. The van der Waals surface area contributed by atoms with Gasteiger partial charge in [0.2, 0.25) is 0 Å². The van der Waals surface area contributed by atoms with Gasteiger partial charge in [-0.3, -0.25) is 5.10 Å². The highest BCUT2D eigenvalue weighted by Crippen LogP contribution is 2.41. The van der Waals surface area contributed by atoms with E-state index in [0.717, 1.165) is 50.3 Å². The number of aromatic nitrogens is 4. The number of ether oxygens (including phenoxy) is 2. The molecule has 1 atom stereocenters. The molecule has 0 aliphatic heterocycles. The second-order valence-corrected chi connectivity index (χ2v) is 9.02. The maximum atomic E-state index is 12.2. The van der Waals surface area contributed by atoms with Crippen LogP contribution in [-0.4, -0.2) is 69.7 Å². The van der Waals surface area contributed by atoms with Gasteiger partial charge in [0.1, 0.15) is 28.8 Å². The van der Waals surface area contributed by atoms with Crippen molar-refractivity contribution in [1.29, 1.82) is 0 Å². The Labute approximate surface area is 193 Å². The van der Waals surface area contributed by atoms with Crippen LogP contribution in [0.25, 0.3) is 21.1 Å². The van der Waals surface area contributed by atoms with Crippen LogP contribution in [0.2, 0.25) is 0 Å². The molecule has 3 aromatic heterocycles. The fourth-order valence-electron chi connectivity index (χ4n) is 4.11. The Bertz CT molecular complexity index is 1320. The van der Waals surface area contributed by atoms with Gasteiger partial charge in [-0.1, -0.05) is 0 Å². The van der Waals surface area contributed by atoms with Gasteiger partial charge in [-0.25, -0.2) is 14.8 Å². The minimum Gasteiger partial charge on any atom is -0.494 e. The summed E-state index contributed by atoms with van der Waals surface area (Å²) in [6.45, 7) is 0.155. The van der Waals surface area contributed by atoms with Gasteiger partial charge < -0.3 is 24.8 Å². The first kappa shape index (κ1) is 21.4. The number of anilines is 2. The number of likely N-dealkylation sites (N-methyl/N-ethyl adjacent to an activating group) is 1. The molecule has 0 radical (unpaired) electrons. The van der Waals surface area contributed by atoms with Gasteiger partial charge in [0.25, 0.3) is 0 Å². The minimum atomic E-state index is -0.414. The van der Waals surface area contributed by atoms with E-state index in [-0.39, 0.29) is 19.3 Å². The van der Waals surface area contributed by atoms with E-state index in [1.165, 1.54) is 10.5 Å². The highest BCUT2D eigenvalue weighted by atomic mass is 32.1. The second-order valence-electron chi connectivity index (χ2n) is 7.93. The van der Waals surface area contributed by atoms with Gasteiger partial charge in [-0.2, -0.15) is 5.10 Å². The normalized spacial score (nSPS) is 15.4. The van der Waals surface area contributed by atoms with Crippen LogP contribution in [0.5, 0.6) is 5.75 Å². The lowest BCUT2D eigenvalue weighted by Crippen LogP contribution is -2.34. The molecule has 3 heterocycles. The lowest BCUT2D eigenvalue weighted by atomic mass is 9.94. The van der Waals surface area contributed by atoms with Crippen LogP contribution in [0.15, 0.2) is 24.7 Å². The predicted molar refractivity (Wildman–Crippen MR) is 125 cm³/mol. The number of amides is 1. The Morgan fingerprint density at radius 2 is 2.27 bits per heavy atom. The first-order chi connectivity index (χ1) is 16.1. The molecule has 1 aliphatic rings. The molecule has 0 fully saturated rings. The molecule has 0 spiro atoms. The monoisotopic (exact) mass is 468 g/mol. The number of aliphatic hydroxyl groups is 1. The number of fused-ring (bicyclic) bond motifs is 4. The lowest BCUT2D eigenvalue weighted by molar-refractivity contribution is 0.0593. The molecule has 0 saturated heterocycles. The van der Waals surface area contributed by atoms with Crippen molar-refractivity contribution in [2.45, 2.75) is 25.4 Å². The summed E-state index contributed by atoms with van der Waals surface area (Å²) in [4.78, 5) is 24.7. The molecular formula is C22H24N6O4S. The topological polar surface area (TPSA) is 125 Å². The van der Waals surface area contributed by atoms with Gasteiger partial charge >= 0.3 is 6.09 Å². The highest BCUT2D eigenvalue weighted by molar-refractivity contribution is 7.19. The number of aliphatic hydroxyl groups excluding tert-OH is 1. The maximum Gasteiger partial charge on any atom is 0.409 e. The number of rotatable bonds is 6. The van der Waals surface area contributed by atoms with E-state index in [1.54, 1.807) is 38.0 Å². The molecule has 1 aliphatic carbocycles. The van der Waals surface area contributed by atoms with Crippen LogP contribution in [0.3, 0.4) is 0 Å². The van der Waals surface area contributed by atoms with Crippen LogP contribution in [0.4, 0.5) is 16.3 Å². The third-order valence-corrected chi connectivity index (χ3v) is 6.99. The van der Waals surface area contributed by atoms with Crippen LogP contribution in [0, 0.1) is 0 Å². The first-order valence-electron chi connectivity index (χ1n) is 10.6. The van der Waals surface area contributed by atoms with Crippen LogP contribution < -0.4 is 10.1 Å². The zero-order chi connectivity index (χ0) is 22.9. The molecule has 5 rings (SSSR count). The molecule has 0 saturated carbocycles. The smallest absolute Gasteiger partial charge is 0.409 e. The zero-order valence-corrected chi connectivity index (χ0v) is 19.1. The Morgan fingerprint density at radius 1 is 1.39 bits per heavy atom. The van der Waals surface area contributed by atoms with Crippen molar-refractivity contribution >= 4 is 50.1 Å². The average molecular weight is 469 g/mol. The molecule has 172 valence electrons. The summed E-state index contributed by atoms with van der Waals surface area (Å²) in [5.41, 5.74) is 2.88. The minimum absolute atomic E-state index is 0.0938. The summed E-state index contributed by atoms with van der Waals surface area (Å²) >= 11 is 1.61. The number of nitrogens with one attached hydrogen (secondary N) is 2. The molecule has 33 heavy (non-hydrogen) atoms. The van der Waals surface area contributed by atoms with E-state index in [9.17, 15) is 4.79 Å². The summed E-state index contributed by atoms with van der Waals surface area (Å²) in [7, 11) is 3.25. The summed E-state index contributed by atoms with van der Waals surface area (Å²) in [6, 6.07) is 3.88. The molecule has 1 aromatic carbocycles. The van der Waals surface area contributed by atoms with E-state index >= 15 is 0 Å². The summed E-state index contributed by atoms with van der Waals surface area (Å²) in [5, 5.41) is 21.5. The van der Waals surface area contributed by atoms with E-state index in [2.05, 4.69) is 25.5 Å². The first-order valence-corrected chi connectivity index (χ1v) is 11.4. The second kappa shape index (κ2) is 8.83. The fraction of sp³-hybridized carbons (Fsp3) is 0.364. The van der Waals surface area contributed by atoms with Gasteiger partial charge in [0.05, 0.1) is 36.5 Å². The molecule has 4 aromatic rings. The number of carbonyl (C=O) groups excluding carboxylic acids is 1. The molecule has 10 nitrogen and oxygen atoms in total. The third-order valence-electron chi connectivity index (χ3n) is 5.83. The SMILES string of the molecule is COc1cc2[nH]ncc2cc1Nc1ncnc2sc3c(c12)CCC(OC(=O)N(C)CCO)C3. The average Bonchev–Trinajstić information content (AvgIpc) is 3.42. The van der Waals surface area contributed by atoms with Crippen LogP contribution >= 0.6 is 11.3 Å². The van der Waals surface area contributed by atoms with E-state index in [0.29, 0.717) is 12.2 Å². The van der Waals surface area contributed by atoms with Crippen LogP contribution in [0.1, 0.15) is 16.9 Å². The Balaban J connectivity index is 1.43. The maximum absolute atomic E-state index is 12.2. The molecule has 3 N–H and O–H groups in total. The fourth-order valence-corrected chi connectivity index (χ4v) is 5.37. The third kappa shape index (κ3) is 4.05. The van der Waals surface area contributed by atoms with E-state index in [1.807, 2.05) is 12.1 Å². The molecular weight excluding hydrogens is 444 g/mol. The number of benzene rings is 1. The van der Waals surface area contributed by atoms with Crippen molar-refractivity contribution < 1.29 is 19.4 Å². The van der Waals surface area contributed by atoms with Crippen molar-refractivity contribution in [3.8, 4) is 5.75 Å². The van der Waals surface area contributed by atoms with Gasteiger partial charge in [0, 0.05) is 36.3 Å². The summed E-state index contributed by atoms with van der Waals surface area (Å²) < 4.78 is 11.2. The van der Waals surface area contributed by atoms with Crippen molar-refractivity contribution in [2.24, 2.45) is 0 Å². The van der Waals surface area contributed by atoms with Crippen molar-refractivity contribution in [2.75, 3.05) is 32.6 Å². The lowest BCUT2D eigenvalue weighted by Gasteiger charge is -2.25. The van der Waals surface area contributed by atoms with Crippen molar-refractivity contribution in [3.63, 3.8) is 0 Å². The quantitative estimate of drug-likeness (QED) is 0.394. The number of H-pyrrole nitrogens is 1. The number of aryl methyl sites for hydroxylation is 1. The Hall–Kier alpha value is -3.44. The molecule has 1 amide bonds. The summed E-state index contributed by atoms with van der Waals surface area (Å²) in [6.07, 6.45) is 4.82. The summed E-state index contributed by atoms with van der Waals surface area (Å²) in [5.74, 6) is 1.40. The van der Waals surface area contributed by atoms with Gasteiger partial charge in [0.15, 0.2) is 0 Å². The Morgan fingerprint density at radius 3 is 3.09 bits per heavy atom. The molecule has 11 heteroatoms. The number of carbonyl (C=O) groups is 1. The van der Waals surface area contributed by atoms with Crippen molar-refractivity contribution in [1.82, 2.24) is 25.1 Å². The van der Waals surface area contributed by atoms with E-state index in [4.69, 9.17) is 14.6 Å². The standard InChI is InChI=1S/C22H24N6O4S/c1-28(5-6-29)22(30)32-13-3-4-14-18(8-13)33-21-19(14)20(23-11-24-21)26-16-7-12-10-25-27-15(12)9-17(16)31-2/h7,9-11,13,29H,3-6,8H2,1-2H3,(H,25,27)(H,23,24,26). The zero-order valence-electron chi connectivity index (χ0n) is 18.3. The number of thiophene rings is 1. The largest absolute Gasteiger partial charge is 0.494 e. The van der Waals surface area contributed by atoms with Crippen molar-refractivity contribution in [3.05, 3.63) is 35.1 Å². The molecule has 0 bridgehead atoms. The number of aromatic amines is 1. The predicted octanol–water partition coefficient (Wildman–Crippen LogP) is 3.24. The number of hydrogen-bond acceptors (Lipinski definition) is 9.